The van der Waals surface area contributed by atoms with Gasteiger partial charge < -0.3 is 15.0 Å². The fraction of sp³-hybridized carbons (Fsp3) is 0.222. The normalized spacial score (nSPS) is 14.1. The van der Waals surface area contributed by atoms with Gasteiger partial charge in [0.05, 0.1) is 24.8 Å². The van der Waals surface area contributed by atoms with Gasteiger partial charge in [0.1, 0.15) is 0 Å². The molecule has 1 saturated heterocycles. The number of nitrogens with one attached hydrogen (secondary N) is 1. The molecule has 5 nitrogen and oxygen atoms in total. The molecule has 0 aliphatic carbocycles. The lowest BCUT2D eigenvalue weighted by atomic mass is 10.1. The molecule has 2 aromatic carbocycles. The molecular weight excluding hydrogens is 290 g/mol. The molecular formula is C18H17N3O2. The van der Waals surface area contributed by atoms with Gasteiger partial charge in [-0.25, -0.2) is 0 Å². The van der Waals surface area contributed by atoms with E-state index >= 15 is 0 Å². The van der Waals surface area contributed by atoms with Gasteiger partial charge in [-0.15, -0.1) is 0 Å². The van der Waals surface area contributed by atoms with Crippen molar-refractivity contribution in [2.45, 2.75) is 0 Å². The number of nitriles is 1. The molecule has 1 N–H and O–H groups in total. The average Bonchev–Trinajstić information content (AvgIpc) is 2.63. The summed E-state index contributed by atoms with van der Waals surface area (Å²) in [5, 5.41) is 11.7. The summed E-state index contributed by atoms with van der Waals surface area (Å²) in [6.45, 7) is 3.25. The van der Waals surface area contributed by atoms with E-state index in [1.54, 1.807) is 24.3 Å². The van der Waals surface area contributed by atoms with Crippen LogP contribution in [0.3, 0.4) is 0 Å². The number of carbonyl (C=O) groups excluding carboxylic acids is 1. The van der Waals surface area contributed by atoms with Crippen molar-refractivity contribution in [3.8, 4) is 6.07 Å². The molecule has 0 radical (unpaired) electrons. The molecule has 23 heavy (non-hydrogen) atoms. The number of benzene rings is 2. The van der Waals surface area contributed by atoms with Gasteiger partial charge in [-0.05, 0) is 42.5 Å². The zero-order valence-electron chi connectivity index (χ0n) is 12.7. The molecule has 3 rings (SSSR count). The summed E-state index contributed by atoms with van der Waals surface area (Å²) in [7, 11) is 0. The van der Waals surface area contributed by atoms with E-state index < -0.39 is 0 Å². The molecule has 0 aromatic heterocycles. The molecule has 1 aliphatic rings. The van der Waals surface area contributed by atoms with E-state index in [0.717, 1.165) is 37.7 Å². The quantitative estimate of drug-likeness (QED) is 0.946. The Morgan fingerprint density at radius 1 is 1.13 bits per heavy atom. The van der Waals surface area contributed by atoms with Crippen molar-refractivity contribution in [2.75, 3.05) is 36.5 Å². The maximum Gasteiger partial charge on any atom is 0.255 e. The molecule has 1 aliphatic heterocycles. The summed E-state index contributed by atoms with van der Waals surface area (Å²) in [6.07, 6.45) is 0. The summed E-state index contributed by atoms with van der Waals surface area (Å²) in [5.74, 6) is -0.221. The van der Waals surface area contributed by atoms with Crippen LogP contribution in [0, 0.1) is 11.3 Å². The van der Waals surface area contributed by atoms with Gasteiger partial charge in [-0.1, -0.05) is 6.07 Å². The summed E-state index contributed by atoms with van der Waals surface area (Å²) in [6, 6.07) is 16.4. The Kier molecular flexibility index (Phi) is 4.55. The summed E-state index contributed by atoms with van der Waals surface area (Å²) in [4.78, 5) is 14.5. The SMILES string of the molecule is N#Cc1cccc(C(=O)Nc2ccc(N3CCOCC3)cc2)c1. The second kappa shape index (κ2) is 6.95. The summed E-state index contributed by atoms with van der Waals surface area (Å²) >= 11 is 0. The highest BCUT2D eigenvalue weighted by molar-refractivity contribution is 6.04. The topological polar surface area (TPSA) is 65.4 Å². The Balaban J connectivity index is 1.67. The highest BCUT2D eigenvalue weighted by Gasteiger charge is 2.11. The maximum absolute atomic E-state index is 12.2. The lowest BCUT2D eigenvalue weighted by Crippen LogP contribution is -2.36. The highest BCUT2D eigenvalue weighted by Crippen LogP contribution is 2.19. The number of nitrogens with zero attached hydrogens (tertiary/aromatic N) is 2. The van der Waals surface area contributed by atoms with Gasteiger partial charge >= 0.3 is 0 Å². The fourth-order valence-electron chi connectivity index (χ4n) is 2.51. The predicted octanol–water partition coefficient (Wildman–Crippen LogP) is 2.65. The van der Waals surface area contributed by atoms with Crippen LogP contribution in [0.15, 0.2) is 48.5 Å². The zero-order valence-corrected chi connectivity index (χ0v) is 12.7. The largest absolute Gasteiger partial charge is 0.378 e. The van der Waals surface area contributed by atoms with E-state index in [9.17, 15) is 4.79 Å². The average molecular weight is 307 g/mol. The van der Waals surface area contributed by atoms with Crippen molar-refractivity contribution >= 4 is 17.3 Å². The second-order valence-corrected chi connectivity index (χ2v) is 5.29. The third-order valence-electron chi connectivity index (χ3n) is 3.76. The molecule has 0 spiro atoms. The molecule has 5 heteroatoms. The molecule has 0 atom stereocenters. The first kappa shape index (κ1) is 15.1. The Labute approximate surface area is 135 Å². The van der Waals surface area contributed by atoms with Crippen LogP contribution in [0.5, 0.6) is 0 Å². The summed E-state index contributed by atoms with van der Waals surface area (Å²) in [5.41, 5.74) is 2.80. The molecule has 1 amide bonds. The number of hydrogen-bond acceptors (Lipinski definition) is 4. The van der Waals surface area contributed by atoms with Gasteiger partial charge in [0.2, 0.25) is 0 Å². The van der Waals surface area contributed by atoms with Crippen LogP contribution in [-0.2, 0) is 4.74 Å². The number of carbonyl (C=O) groups is 1. The molecule has 1 fully saturated rings. The molecule has 116 valence electrons. The molecule has 0 saturated carbocycles. The monoisotopic (exact) mass is 307 g/mol. The Morgan fingerprint density at radius 2 is 1.87 bits per heavy atom. The standard InChI is InChI=1S/C18H17N3O2/c19-13-14-2-1-3-15(12-14)18(22)20-16-4-6-17(7-5-16)21-8-10-23-11-9-21/h1-7,12H,8-11H2,(H,20,22). The maximum atomic E-state index is 12.2. The van der Waals surface area contributed by atoms with Crippen molar-refractivity contribution in [1.29, 1.82) is 5.26 Å². The second-order valence-electron chi connectivity index (χ2n) is 5.29. The van der Waals surface area contributed by atoms with Gasteiger partial charge in [-0.2, -0.15) is 5.26 Å². The van der Waals surface area contributed by atoms with Crippen LogP contribution in [0.2, 0.25) is 0 Å². The van der Waals surface area contributed by atoms with Crippen LogP contribution < -0.4 is 10.2 Å². The molecule has 0 bridgehead atoms. The van der Waals surface area contributed by atoms with Crippen LogP contribution in [0.1, 0.15) is 15.9 Å². The smallest absolute Gasteiger partial charge is 0.255 e. The Bertz CT molecular complexity index is 729. The summed E-state index contributed by atoms with van der Waals surface area (Å²) < 4.78 is 5.34. The molecule has 0 unspecified atom stereocenters. The van der Waals surface area contributed by atoms with Crippen LogP contribution in [-0.4, -0.2) is 32.2 Å². The van der Waals surface area contributed by atoms with E-state index in [1.165, 1.54) is 0 Å². The number of amides is 1. The highest BCUT2D eigenvalue weighted by atomic mass is 16.5. The van der Waals surface area contributed by atoms with E-state index in [4.69, 9.17) is 10.00 Å². The number of rotatable bonds is 3. The minimum absolute atomic E-state index is 0.221. The van der Waals surface area contributed by atoms with Crippen molar-refractivity contribution in [2.24, 2.45) is 0 Å². The first-order valence-electron chi connectivity index (χ1n) is 7.50. The number of anilines is 2. The van der Waals surface area contributed by atoms with E-state index in [0.29, 0.717) is 11.1 Å². The Hall–Kier alpha value is -2.84. The van der Waals surface area contributed by atoms with E-state index in [1.807, 2.05) is 30.3 Å². The lowest BCUT2D eigenvalue weighted by molar-refractivity contribution is 0.102. The van der Waals surface area contributed by atoms with Gasteiger partial charge in [0.25, 0.3) is 5.91 Å². The first-order valence-corrected chi connectivity index (χ1v) is 7.50. The van der Waals surface area contributed by atoms with Crippen LogP contribution in [0.4, 0.5) is 11.4 Å². The molecule has 1 heterocycles. The van der Waals surface area contributed by atoms with Crippen LogP contribution >= 0.6 is 0 Å². The number of hydrogen-bond donors (Lipinski definition) is 1. The number of morpholine rings is 1. The van der Waals surface area contributed by atoms with E-state index in [-0.39, 0.29) is 5.91 Å². The molecule has 2 aromatic rings. The first-order chi connectivity index (χ1) is 11.3. The van der Waals surface area contributed by atoms with E-state index in [2.05, 4.69) is 10.2 Å². The fourth-order valence-corrected chi connectivity index (χ4v) is 2.51. The minimum atomic E-state index is -0.221. The Morgan fingerprint density at radius 3 is 2.57 bits per heavy atom. The minimum Gasteiger partial charge on any atom is -0.378 e. The van der Waals surface area contributed by atoms with Crippen molar-refractivity contribution in [1.82, 2.24) is 0 Å². The van der Waals surface area contributed by atoms with Crippen LogP contribution in [0.25, 0.3) is 0 Å². The third-order valence-corrected chi connectivity index (χ3v) is 3.76. The van der Waals surface area contributed by atoms with Gasteiger partial charge in [0.15, 0.2) is 0 Å². The van der Waals surface area contributed by atoms with Crippen molar-refractivity contribution < 1.29 is 9.53 Å². The predicted molar refractivity (Wildman–Crippen MR) is 88.6 cm³/mol. The zero-order chi connectivity index (χ0) is 16.1. The van der Waals surface area contributed by atoms with Gasteiger partial charge in [0, 0.05) is 30.0 Å². The lowest BCUT2D eigenvalue weighted by Gasteiger charge is -2.28. The number of ether oxygens (including phenoxy) is 1. The van der Waals surface area contributed by atoms with Crippen molar-refractivity contribution in [3.63, 3.8) is 0 Å². The third kappa shape index (κ3) is 3.68. The van der Waals surface area contributed by atoms with Crippen molar-refractivity contribution in [3.05, 3.63) is 59.7 Å². The van der Waals surface area contributed by atoms with Gasteiger partial charge in [-0.3, -0.25) is 4.79 Å².